The number of ketones is 1. The summed E-state index contributed by atoms with van der Waals surface area (Å²) in [5.74, 6) is 3.00. The van der Waals surface area contributed by atoms with E-state index in [-0.39, 0.29) is 17.1 Å². The Morgan fingerprint density at radius 2 is 1.06 bits per heavy atom. The molecule has 5 aromatic carbocycles. The summed E-state index contributed by atoms with van der Waals surface area (Å²) in [4.78, 5) is 27.0. The Kier molecular flexibility index (Phi) is 9.93. The summed E-state index contributed by atoms with van der Waals surface area (Å²) in [6.45, 7) is 0. The molecule has 0 bridgehead atoms. The predicted molar refractivity (Wildman–Crippen MR) is 182 cm³/mol. The molecule has 0 atom stereocenters. The molecule has 248 valence electrons. The lowest BCUT2D eigenvalue weighted by molar-refractivity contribution is 0.103. The van der Waals surface area contributed by atoms with Crippen molar-refractivity contribution in [3.05, 3.63) is 83.4 Å². The highest BCUT2D eigenvalue weighted by Crippen LogP contribution is 2.47. The largest absolute Gasteiger partial charge is 0.493 e. The van der Waals surface area contributed by atoms with Gasteiger partial charge in [-0.05, 0) is 88.3 Å². The zero-order valence-corrected chi connectivity index (χ0v) is 28.0. The molecule has 0 saturated carbocycles. The quantitative estimate of drug-likeness (QED) is 0.0951. The average molecular weight is 653 g/mol. The molecule has 0 amide bonds. The molecule has 0 aliphatic rings. The van der Waals surface area contributed by atoms with E-state index in [1.165, 1.54) is 42.7 Å². The van der Waals surface area contributed by atoms with Gasteiger partial charge in [-0.2, -0.15) is 0 Å². The van der Waals surface area contributed by atoms with Crippen LogP contribution in [0.3, 0.4) is 0 Å². The first-order valence-corrected chi connectivity index (χ1v) is 14.7. The minimum Gasteiger partial charge on any atom is -0.493 e. The van der Waals surface area contributed by atoms with Crippen molar-refractivity contribution in [1.82, 2.24) is 0 Å². The summed E-state index contributed by atoms with van der Waals surface area (Å²) in [5.41, 5.74) is 3.61. The van der Waals surface area contributed by atoms with E-state index in [2.05, 4.69) is 0 Å². The van der Waals surface area contributed by atoms with E-state index in [0.29, 0.717) is 84.4 Å². The van der Waals surface area contributed by atoms with Crippen LogP contribution in [0.1, 0.15) is 26.3 Å². The Morgan fingerprint density at radius 3 is 1.65 bits per heavy atom. The van der Waals surface area contributed by atoms with Gasteiger partial charge in [-0.1, -0.05) is 6.07 Å². The van der Waals surface area contributed by atoms with Crippen molar-refractivity contribution in [2.24, 2.45) is 0 Å². The fourth-order valence-corrected chi connectivity index (χ4v) is 5.82. The molecule has 0 aromatic heterocycles. The lowest BCUT2D eigenvalue weighted by Gasteiger charge is -2.21. The molecule has 0 radical (unpaired) electrons. The summed E-state index contributed by atoms with van der Waals surface area (Å²) in [6, 6.07) is 19.4. The van der Waals surface area contributed by atoms with Crippen molar-refractivity contribution >= 4 is 22.8 Å². The van der Waals surface area contributed by atoms with Gasteiger partial charge in [0.15, 0.2) is 58.1 Å². The van der Waals surface area contributed by atoms with Crippen molar-refractivity contribution < 1.29 is 47.5 Å². The summed E-state index contributed by atoms with van der Waals surface area (Å²) in [6.07, 6.45) is 0.762. The average Bonchev–Trinajstić information content (AvgIpc) is 3.14. The Balaban J connectivity index is 1.94. The van der Waals surface area contributed by atoms with Gasteiger partial charge in [0.25, 0.3) is 0 Å². The standard InChI is InChI=1S/C38H36O10/c1-41-28-11-9-21(15-30(28)43-3)27-14-23(26-19-33(46-6)32(45-5)18-25(26)20-39)13-24-17-34(47-7)38(48-8)36(35(24)27)37(40)22-10-12-29(42-2)31(16-22)44-4/h9-20H,1-8H3. The molecule has 0 aliphatic carbocycles. The second-order valence-electron chi connectivity index (χ2n) is 10.5. The molecule has 0 spiro atoms. The lowest BCUT2D eigenvalue weighted by atomic mass is 9.86. The first kappa shape index (κ1) is 33.5. The second kappa shape index (κ2) is 14.3. The van der Waals surface area contributed by atoms with E-state index in [4.69, 9.17) is 37.9 Å². The summed E-state index contributed by atoms with van der Waals surface area (Å²) >= 11 is 0. The van der Waals surface area contributed by atoms with Crippen molar-refractivity contribution in [3.63, 3.8) is 0 Å². The van der Waals surface area contributed by atoms with Crippen LogP contribution >= 0.6 is 0 Å². The molecular formula is C38H36O10. The lowest BCUT2D eigenvalue weighted by Crippen LogP contribution is -2.08. The number of carbonyl (C=O) groups is 2. The van der Waals surface area contributed by atoms with Gasteiger partial charge in [-0.3, -0.25) is 9.59 Å². The van der Waals surface area contributed by atoms with Crippen LogP contribution < -0.4 is 37.9 Å². The number of ether oxygens (including phenoxy) is 8. The molecule has 0 aliphatic heterocycles. The van der Waals surface area contributed by atoms with Crippen LogP contribution in [-0.2, 0) is 0 Å². The Labute approximate surface area is 278 Å². The van der Waals surface area contributed by atoms with Crippen LogP contribution in [0.2, 0.25) is 0 Å². The topological polar surface area (TPSA) is 108 Å². The van der Waals surface area contributed by atoms with Gasteiger partial charge >= 0.3 is 0 Å². The molecule has 0 heterocycles. The number of rotatable bonds is 13. The van der Waals surface area contributed by atoms with Gasteiger partial charge in [-0.25, -0.2) is 0 Å². The normalized spacial score (nSPS) is 10.7. The fourth-order valence-electron chi connectivity index (χ4n) is 5.82. The second-order valence-corrected chi connectivity index (χ2v) is 10.5. The van der Waals surface area contributed by atoms with Gasteiger partial charge in [0.05, 0.1) is 62.4 Å². The van der Waals surface area contributed by atoms with Crippen molar-refractivity contribution in [1.29, 1.82) is 0 Å². The molecule has 10 heteroatoms. The van der Waals surface area contributed by atoms with Gasteiger partial charge in [0, 0.05) is 16.5 Å². The summed E-state index contributed by atoms with van der Waals surface area (Å²) in [5, 5.41) is 1.22. The number of hydrogen-bond acceptors (Lipinski definition) is 10. The molecule has 0 unspecified atom stereocenters. The van der Waals surface area contributed by atoms with E-state index in [1.54, 1.807) is 56.7 Å². The Morgan fingerprint density at radius 1 is 0.500 bits per heavy atom. The SMILES string of the molecule is COc1ccc(C(=O)c2c(OC)c(OC)cc3cc(-c4cc(OC)c(OC)cc4C=O)cc(-c4ccc(OC)c(OC)c4)c23)cc1OC. The molecule has 0 N–H and O–H groups in total. The number of benzene rings is 5. The third-order valence-electron chi connectivity index (χ3n) is 8.14. The van der Waals surface area contributed by atoms with E-state index < -0.39 is 0 Å². The molecule has 48 heavy (non-hydrogen) atoms. The molecule has 0 saturated heterocycles. The summed E-state index contributed by atoms with van der Waals surface area (Å²) in [7, 11) is 12.2. The van der Waals surface area contributed by atoms with Crippen LogP contribution in [0.4, 0.5) is 0 Å². The smallest absolute Gasteiger partial charge is 0.197 e. The first-order chi connectivity index (χ1) is 23.3. The maximum absolute atomic E-state index is 14.6. The minimum absolute atomic E-state index is 0.249. The van der Waals surface area contributed by atoms with E-state index >= 15 is 0 Å². The van der Waals surface area contributed by atoms with Crippen LogP contribution in [0.5, 0.6) is 46.0 Å². The summed E-state index contributed by atoms with van der Waals surface area (Å²) < 4.78 is 44.8. The van der Waals surface area contributed by atoms with E-state index in [0.717, 1.165) is 6.29 Å². The van der Waals surface area contributed by atoms with Gasteiger partial charge in [0.1, 0.15) is 0 Å². The third kappa shape index (κ3) is 5.88. The first-order valence-electron chi connectivity index (χ1n) is 14.7. The van der Waals surface area contributed by atoms with Crippen molar-refractivity contribution in [2.45, 2.75) is 0 Å². The highest BCUT2D eigenvalue weighted by molar-refractivity contribution is 6.22. The molecule has 5 rings (SSSR count). The molecule has 0 fully saturated rings. The van der Waals surface area contributed by atoms with E-state index in [9.17, 15) is 9.59 Å². The number of methoxy groups -OCH3 is 8. The van der Waals surface area contributed by atoms with Crippen LogP contribution in [0.25, 0.3) is 33.0 Å². The highest BCUT2D eigenvalue weighted by atomic mass is 16.5. The predicted octanol–water partition coefficient (Wildman–Crippen LogP) is 7.29. The fraction of sp³-hybridized carbons (Fsp3) is 0.211. The van der Waals surface area contributed by atoms with Crippen LogP contribution in [-0.4, -0.2) is 68.9 Å². The van der Waals surface area contributed by atoms with Gasteiger partial charge in [0.2, 0.25) is 0 Å². The zero-order chi connectivity index (χ0) is 34.5. The third-order valence-corrected chi connectivity index (χ3v) is 8.14. The molecule has 5 aromatic rings. The van der Waals surface area contributed by atoms with Gasteiger partial charge < -0.3 is 37.9 Å². The van der Waals surface area contributed by atoms with Crippen molar-refractivity contribution in [3.8, 4) is 68.2 Å². The molecular weight excluding hydrogens is 616 g/mol. The number of carbonyl (C=O) groups excluding carboxylic acids is 2. The van der Waals surface area contributed by atoms with Gasteiger partial charge in [-0.15, -0.1) is 0 Å². The Hall–Kier alpha value is -5.90. The van der Waals surface area contributed by atoms with E-state index in [1.807, 2.05) is 24.3 Å². The van der Waals surface area contributed by atoms with Crippen LogP contribution in [0.15, 0.2) is 66.7 Å². The Bertz CT molecular complexity index is 2010. The highest BCUT2D eigenvalue weighted by Gasteiger charge is 2.27. The monoisotopic (exact) mass is 652 g/mol. The number of aldehydes is 1. The number of hydrogen-bond donors (Lipinski definition) is 0. The maximum atomic E-state index is 14.6. The van der Waals surface area contributed by atoms with Crippen molar-refractivity contribution in [2.75, 3.05) is 56.9 Å². The maximum Gasteiger partial charge on any atom is 0.197 e. The van der Waals surface area contributed by atoms with Crippen LogP contribution in [0, 0.1) is 0 Å². The molecule has 10 nitrogen and oxygen atoms in total. The zero-order valence-electron chi connectivity index (χ0n) is 28.0. The number of fused-ring (bicyclic) bond motifs is 1. The minimum atomic E-state index is -0.342.